The molecule has 5 nitrogen and oxygen atoms in total. The standard InChI is InChI=1S/C18H18FN3O2S/c19-14-11-13(22-12-20-15-5-10-25-17(15)18(22)23)3-4-16(14)24-9-8-21-6-1-2-7-21/h3-5,10-12H,1-2,6-9H2. The van der Waals surface area contributed by atoms with E-state index in [9.17, 15) is 9.18 Å². The van der Waals surface area contributed by atoms with Crippen LogP contribution in [-0.2, 0) is 0 Å². The monoisotopic (exact) mass is 359 g/mol. The minimum atomic E-state index is -0.475. The number of hydrogen-bond acceptors (Lipinski definition) is 5. The number of benzene rings is 1. The molecule has 1 fully saturated rings. The molecule has 1 saturated heterocycles. The fourth-order valence-electron chi connectivity index (χ4n) is 3.08. The Morgan fingerprint density at radius 2 is 2.08 bits per heavy atom. The van der Waals surface area contributed by atoms with Crippen LogP contribution in [0.5, 0.6) is 5.75 Å². The first-order valence-electron chi connectivity index (χ1n) is 8.32. The second-order valence-electron chi connectivity index (χ2n) is 6.07. The highest BCUT2D eigenvalue weighted by atomic mass is 32.1. The first kappa shape index (κ1) is 16.2. The van der Waals surface area contributed by atoms with Crippen LogP contribution >= 0.6 is 11.3 Å². The van der Waals surface area contributed by atoms with Crippen LogP contribution in [0.4, 0.5) is 4.39 Å². The zero-order valence-electron chi connectivity index (χ0n) is 13.7. The summed E-state index contributed by atoms with van der Waals surface area (Å²) in [6.45, 7) is 3.44. The van der Waals surface area contributed by atoms with E-state index in [-0.39, 0.29) is 11.3 Å². The summed E-state index contributed by atoms with van der Waals surface area (Å²) < 4.78 is 21.8. The molecule has 2 aromatic heterocycles. The number of fused-ring (bicyclic) bond motifs is 1. The summed E-state index contributed by atoms with van der Waals surface area (Å²) in [4.78, 5) is 19.0. The fraction of sp³-hybridized carbons (Fsp3) is 0.333. The van der Waals surface area contributed by atoms with Crippen LogP contribution in [0, 0.1) is 5.82 Å². The molecular formula is C18H18FN3O2S. The molecular weight excluding hydrogens is 341 g/mol. The number of nitrogens with zero attached hydrogens (tertiary/aromatic N) is 3. The zero-order chi connectivity index (χ0) is 17.2. The molecule has 0 saturated carbocycles. The van der Waals surface area contributed by atoms with Crippen molar-refractivity contribution in [1.29, 1.82) is 0 Å². The van der Waals surface area contributed by atoms with Crippen molar-refractivity contribution in [3.63, 3.8) is 0 Å². The van der Waals surface area contributed by atoms with Crippen LogP contribution in [0.1, 0.15) is 12.8 Å². The van der Waals surface area contributed by atoms with Crippen LogP contribution in [0.2, 0.25) is 0 Å². The number of ether oxygens (including phenoxy) is 1. The Morgan fingerprint density at radius 3 is 2.88 bits per heavy atom. The van der Waals surface area contributed by atoms with Gasteiger partial charge in [-0.3, -0.25) is 14.3 Å². The SMILES string of the molecule is O=c1c2sccc2ncn1-c1ccc(OCCN2CCCC2)c(F)c1. The van der Waals surface area contributed by atoms with E-state index >= 15 is 0 Å². The van der Waals surface area contributed by atoms with Gasteiger partial charge in [0.1, 0.15) is 17.6 Å². The Kier molecular flexibility index (Phi) is 4.50. The van der Waals surface area contributed by atoms with Gasteiger partial charge in [-0.2, -0.15) is 0 Å². The lowest BCUT2D eigenvalue weighted by atomic mass is 10.3. The van der Waals surface area contributed by atoms with E-state index < -0.39 is 5.82 Å². The minimum Gasteiger partial charge on any atom is -0.489 e. The van der Waals surface area contributed by atoms with Crippen molar-refractivity contribution in [2.24, 2.45) is 0 Å². The van der Waals surface area contributed by atoms with Crippen LogP contribution in [-0.4, -0.2) is 40.7 Å². The molecule has 3 heterocycles. The highest BCUT2D eigenvalue weighted by Gasteiger charge is 2.13. The van der Waals surface area contributed by atoms with Gasteiger partial charge in [0, 0.05) is 12.6 Å². The van der Waals surface area contributed by atoms with E-state index in [1.165, 1.54) is 41.1 Å². The van der Waals surface area contributed by atoms with Gasteiger partial charge in [0.25, 0.3) is 5.56 Å². The number of hydrogen-bond donors (Lipinski definition) is 0. The van der Waals surface area contributed by atoms with Gasteiger partial charge < -0.3 is 4.74 Å². The van der Waals surface area contributed by atoms with E-state index in [2.05, 4.69) is 9.88 Å². The molecule has 0 radical (unpaired) electrons. The average Bonchev–Trinajstić information content (AvgIpc) is 3.28. The van der Waals surface area contributed by atoms with Gasteiger partial charge in [-0.1, -0.05) is 0 Å². The van der Waals surface area contributed by atoms with Crippen molar-refractivity contribution in [3.05, 3.63) is 52.1 Å². The topological polar surface area (TPSA) is 47.4 Å². The minimum absolute atomic E-state index is 0.192. The highest BCUT2D eigenvalue weighted by Crippen LogP contribution is 2.21. The van der Waals surface area contributed by atoms with E-state index in [1.807, 2.05) is 5.38 Å². The molecule has 0 aliphatic carbocycles. The number of aromatic nitrogens is 2. The van der Waals surface area contributed by atoms with Gasteiger partial charge in [0.2, 0.25) is 0 Å². The third-order valence-corrected chi connectivity index (χ3v) is 5.32. The molecule has 130 valence electrons. The molecule has 1 aliphatic rings. The molecule has 0 bridgehead atoms. The maximum absolute atomic E-state index is 14.4. The molecule has 25 heavy (non-hydrogen) atoms. The van der Waals surface area contributed by atoms with Gasteiger partial charge in [-0.25, -0.2) is 9.37 Å². The molecule has 0 amide bonds. The van der Waals surface area contributed by atoms with Gasteiger partial charge >= 0.3 is 0 Å². The second-order valence-corrected chi connectivity index (χ2v) is 6.98. The molecule has 3 aromatic rings. The predicted molar refractivity (Wildman–Crippen MR) is 96.3 cm³/mol. The summed E-state index contributed by atoms with van der Waals surface area (Å²) in [7, 11) is 0. The third kappa shape index (κ3) is 3.29. The van der Waals surface area contributed by atoms with E-state index in [4.69, 9.17) is 4.74 Å². The third-order valence-electron chi connectivity index (χ3n) is 4.43. The van der Waals surface area contributed by atoms with Crippen LogP contribution in [0.25, 0.3) is 15.9 Å². The van der Waals surface area contributed by atoms with Crippen molar-refractivity contribution < 1.29 is 9.13 Å². The van der Waals surface area contributed by atoms with Crippen LogP contribution in [0.15, 0.2) is 40.8 Å². The molecule has 7 heteroatoms. The van der Waals surface area contributed by atoms with Crippen molar-refractivity contribution in [3.8, 4) is 11.4 Å². The number of rotatable bonds is 5. The Morgan fingerprint density at radius 1 is 1.24 bits per heavy atom. The fourth-order valence-corrected chi connectivity index (χ4v) is 3.85. The molecule has 0 N–H and O–H groups in total. The molecule has 0 atom stereocenters. The lowest BCUT2D eigenvalue weighted by molar-refractivity contribution is 0.231. The van der Waals surface area contributed by atoms with Gasteiger partial charge in [0.05, 0.1) is 11.2 Å². The molecule has 4 rings (SSSR count). The molecule has 0 spiro atoms. The quantitative estimate of drug-likeness (QED) is 0.702. The number of thiophene rings is 1. The zero-order valence-corrected chi connectivity index (χ0v) is 14.5. The van der Waals surface area contributed by atoms with Crippen molar-refractivity contribution in [2.45, 2.75) is 12.8 Å². The summed E-state index contributed by atoms with van der Waals surface area (Å²) in [6, 6.07) is 6.35. The van der Waals surface area contributed by atoms with E-state index in [1.54, 1.807) is 18.2 Å². The summed E-state index contributed by atoms with van der Waals surface area (Å²) in [5, 5.41) is 1.82. The lowest BCUT2D eigenvalue weighted by Crippen LogP contribution is -2.25. The normalized spacial score (nSPS) is 15.1. The largest absolute Gasteiger partial charge is 0.489 e. The van der Waals surface area contributed by atoms with Crippen LogP contribution in [0.3, 0.4) is 0 Å². The predicted octanol–water partition coefficient (Wildman–Crippen LogP) is 3.06. The summed E-state index contributed by atoms with van der Waals surface area (Å²) in [5.74, 6) is -0.266. The number of likely N-dealkylation sites (tertiary alicyclic amines) is 1. The summed E-state index contributed by atoms with van der Waals surface area (Å²) in [5.41, 5.74) is 0.910. The van der Waals surface area contributed by atoms with Gasteiger partial charge in [-0.15, -0.1) is 11.3 Å². The van der Waals surface area contributed by atoms with Crippen molar-refractivity contribution in [2.75, 3.05) is 26.2 Å². The smallest absolute Gasteiger partial charge is 0.275 e. The number of halogens is 1. The highest BCUT2D eigenvalue weighted by molar-refractivity contribution is 7.17. The molecule has 0 unspecified atom stereocenters. The first-order chi connectivity index (χ1) is 12.2. The van der Waals surface area contributed by atoms with Crippen LogP contribution < -0.4 is 10.3 Å². The first-order valence-corrected chi connectivity index (χ1v) is 9.20. The second kappa shape index (κ2) is 6.93. The van der Waals surface area contributed by atoms with Gasteiger partial charge in [0.15, 0.2) is 11.6 Å². The van der Waals surface area contributed by atoms with Gasteiger partial charge in [-0.05, 0) is 49.5 Å². The Bertz CT molecular complexity index is 947. The lowest BCUT2D eigenvalue weighted by Gasteiger charge is -2.15. The van der Waals surface area contributed by atoms with Crippen molar-refractivity contribution in [1.82, 2.24) is 14.5 Å². The van der Waals surface area contributed by atoms with Crippen molar-refractivity contribution >= 4 is 21.6 Å². The Balaban J connectivity index is 1.52. The average molecular weight is 359 g/mol. The van der Waals surface area contributed by atoms with E-state index in [0.717, 1.165) is 19.6 Å². The Labute approximate surface area is 148 Å². The maximum atomic E-state index is 14.4. The maximum Gasteiger partial charge on any atom is 0.275 e. The Hall–Kier alpha value is -2.25. The molecule has 1 aromatic carbocycles. The summed E-state index contributed by atoms with van der Waals surface area (Å²) in [6.07, 6.45) is 3.88. The summed E-state index contributed by atoms with van der Waals surface area (Å²) >= 11 is 1.33. The van der Waals surface area contributed by atoms with E-state index in [0.29, 0.717) is 22.5 Å². The molecule has 1 aliphatic heterocycles.